The summed E-state index contributed by atoms with van der Waals surface area (Å²) in [5.74, 6) is 0.130. The van der Waals surface area contributed by atoms with Gasteiger partial charge in [0.1, 0.15) is 11.4 Å². The van der Waals surface area contributed by atoms with E-state index in [0.717, 1.165) is 21.3 Å². The quantitative estimate of drug-likeness (QED) is 0.514. The SMILES string of the molecule is COc1ccc(CNC(=O)c2cc(Br)cc(/C=C/C(=O)OC(C)(C)C)c2)cc1. The number of carbonyl (C=O) groups excluding carboxylic acids is 2. The molecule has 0 radical (unpaired) electrons. The van der Waals surface area contributed by atoms with Crippen LogP contribution in [0.25, 0.3) is 6.08 Å². The van der Waals surface area contributed by atoms with Gasteiger partial charge in [-0.05, 0) is 68.3 Å². The van der Waals surface area contributed by atoms with Crippen molar-refractivity contribution in [3.05, 3.63) is 69.7 Å². The Hall–Kier alpha value is -2.60. The number of esters is 1. The first kappa shape index (κ1) is 21.7. The van der Waals surface area contributed by atoms with Crippen molar-refractivity contribution in [2.75, 3.05) is 7.11 Å². The van der Waals surface area contributed by atoms with Crippen LogP contribution in [0.5, 0.6) is 5.75 Å². The molecule has 0 spiro atoms. The second kappa shape index (κ2) is 9.55. The fraction of sp³-hybridized carbons (Fsp3) is 0.273. The maximum Gasteiger partial charge on any atom is 0.331 e. The molecule has 0 atom stereocenters. The summed E-state index contributed by atoms with van der Waals surface area (Å²) in [7, 11) is 1.61. The molecule has 0 fully saturated rings. The molecule has 6 heteroatoms. The van der Waals surface area contributed by atoms with Crippen LogP contribution in [0.4, 0.5) is 0 Å². The second-order valence-corrected chi connectivity index (χ2v) is 8.09. The Labute approximate surface area is 173 Å². The first-order chi connectivity index (χ1) is 13.2. The summed E-state index contributed by atoms with van der Waals surface area (Å²) in [6.07, 6.45) is 2.98. The third kappa shape index (κ3) is 7.19. The molecule has 0 saturated carbocycles. The normalized spacial score (nSPS) is 11.3. The van der Waals surface area contributed by atoms with Gasteiger partial charge in [-0.3, -0.25) is 4.79 Å². The van der Waals surface area contributed by atoms with Gasteiger partial charge in [-0.15, -0.1) is 0 Å². The first-order valence-electron chi connectivity index (χ1n) is 8.79. The van der Waals surface area contributed by atoms with Crippen LogP contribution in [-0.4, -0.2) is 24.6 Å². The highest BCUT2D eigenvalue weighted by Gasteiger charge is 2.14. The second-order valence-electron chi connectivity index (χ2n) is 7.17. The lowest BCUT2D eigenvalue weighted by Crippen LogP contribution is -2.23. The van der Waals surface area contributed by atoms with Gasteiger partial charge in [0.05, 0.1) is 7.11 Å². The van der Waals surface area contributed by atoms with Crippen LogP contribution < -0.4 is 10.1 Å². The highest BCUT2D eigenvalue weighted by atomic mass is 79.9. The van der Waals surface area contributed by atoms with Crippen molar-refractivity contribution in [3.8, 4) is 5.75 Å². The predicted octanol–water partition coefficient (Wildman–Crippen LogP) is 4.74. The van der Waals surface area contributed by atoms with Gasteiger partial charge >= 0.3 is 5.97 Å². The molecule has 5 nitrogen and oxygen atoms in total. The van der Waals surface area contributed by atoms with E-state index in [1.54, 1.807) is 25.3 Å². The summed E-state index contributed by atoms with van der Waals surface area (Å²) >= 11 is 3.41. The fourth-order valence-corrected chi connectivity index (χ4v) is 2.88. The van der Waals surface area contributed by atoms with Gasteiger partial charge in [-0.1, -0.05) is 28.1 Å². The van der Waals surface area contributed by atoms with Crippen LogP contribution in [0.15, 0.2) is 53.0 Å². The zero-order valence-electron chi connectivity index (χ0n) is 16.4. The smallest absolute Gasteiger partial charge is 0.331 e. The van der Waals surface area contributed by atoms with E-state index in [1.165, 1.54) is 6.08 Å². The Balaban J connectivity index is 2.04. The van der Waals surface area contributed by atoms with Crippen molar-refractivity contribution < 1.29 is 19.1 Å². The number of hydrogen-bond donors (Lipinski definition) is 1. The van der Waals surface area contributed by atoms with E-state index >= 15 is 0 Å². The number of rotatable bonds is 6. The lowest BCUT2D eigenvalue weighted by molar-refractivity contribution is -0.148. The van der Waals surface area contributed by atoms with E-state index in [1.807, 2.05) is 51.1 Å². The molecule has 1 N–H and O–H groups in total. The van der Waals surface area contributed by atoms with Gasteiger partial charge in [0.25, 0.3) is 5.91 Å². The number of nitrogens with one attached hydrogen (secondary N) is 1. The van der Waals surface area contributed by atoms with E-state index in [-0.39, 0.29) is 5.91 Å². The molecule has 0 unspecified atom stereocenters. The van der Waals surface area contributed by atoms with E-state index in [4.69, 9.17) is 9.47 Å². The Bertz CT molecular complexity index is 867. The molecule has 0 bridgehead atoms. The molecular formula is C22H24BrNO4. The fourth-order valence-electron chi connectivity index (χ4n) is 2.37. The molecule has 0 aliphatic heterocycles. The molecule has 0 aromatic heterocycles. The van der Waals surface area contributed by atoms with Gasteiger partial charge in [-0.2, -0.15) is 0 Å². The number of amides is 1. The number of ether oxygens (including phenoxy) is 2. The number of halogens is 1. The maximum atomic E-state index is 12.5. The summed E-state index contributed by atoms with van der Waals surface area (Å²) < 4.78 is 11.1. The lowest BCUT2D eigenvalue weighted by atomic mass is 10.1. The summed E-state index contributed by atoms with van der Waals surface area (Å²) in [5, 5.41) is 2.89. The van der Waals surface area contributed by atoms with Crippen LogP contribution in [-0.2, 0) is 16.1 Å². The minimum atomic E-state index is -0.550. The molecule has 2 rings (SSSR count). The van der Waals surface area contributed by atoms with Crippen LogP contribution in [0, 0.1) is 0 Å². The standard InChI is InChI=1S/C22H24BrNO4/c1-22(2,3)28-20(25)10-7-16-11-17(13-18(23)12-16)21(26)24-14-15-5-8-19(27-4)9-6-15/h5-13H,14H2,1-4H3,(H,24,26)/b10-7+. The van der Waals surface area contributed by atoms with Crippen LogP contribution in [0.1, 0.15) is 42.3 Å². The average Bonchev–Trinajstić information content (AvgIpc) is 2.63. The molecule has 0 saturated heterocycles. The molecule has 0 aliphatic rings. The lowest BCUT2D eigenvalue weighted by Gasteiger charge is -2.17. The first-order valence-corrected chi connectivity index (χ1v) is 9.58. The van der Waals surface area contributed by atoms with Crippen molar-refractivity contribution in [2.24, 2.45) is 0 Å². The zero-order chi connectivity index (χ0) is 20.7. The van der Waals surface area contributed by atoms with E-state index in [0.29, 0.717) is 12.1 Å². The van der Waals surface area contributed by atoms with Crippen molar-refractivity contribution in [1.82, 2.24) is 5.32 Å². The van der Waals surface area contributed by atoms with Gasteiger partial charge in [0, 0.05) is 22.7 Å². The minimum absolute atomic E-state index is 0.205. The Morgan fingerprint density at radius 2 is 1.79 bits per heavy atom. The highest BCUT2D eigenvalue weighted by molar-refractivity contribution is 9.10. The van der Waals surface area contributed by atoms with Gasteiger partial charge in [0.15, 0.2) is 0 Å². The number of hydrogen-bond acceptors (Lipinski definition) is 4. The largest absolute Gasteiger partial charge is 0.497 e. The average molecular weight is 446 g/mol. The van der Waals surface area contributed by atoms with Crippen molar-refractivity contribution in [1.29, 1.82) is 0 Å². The molecule has 0 aliphatic carbocycles. The number of methoxy groups -OCH3 is 1. The molecule has 2 aromatic rings. The summed E-state index contributed by atoms with van der Waals surface area (Å²) in [6, 6.07) is 12.8. The van der Waals surface area contributed by atoms with Crippen molar-refractivity contribution in [2.45, 2.75) is 32.9 Å². The monoisotopic (exact) mass is 445 g/mol. The van der Waals surface area contributed by atoms with Crippen molar-refractivity contribution in [3.63, 3.8) is 0 Å². The topological polar surface area (TPSA) is 64.6 Å². The highest BCUT2D eigenvalue weighted by Crippen LogP contribution is 2.18. The maximum absolute atomic E-state index is 12.5. The summed E-state index contributed by atoms with van der Waals surface area (Å²) in [4.78, 5) is 24.3. The molecule has 28 heavy (non-hydrogen) atoms. The summed E-state index contributed by atoms with van der Waals surface area (Å²) in [6.45, 7) is 5.83. The molecular weight excluding hydrogens is 422 g/mol. The summed E-state index contributed by atoms with van der Waals surface area (Å²) in [5.41, 5.74) is 1.63. The van der Waals surface area contributed by atoms with Gasteiger partial charge in [-0.25, -0.2) is 4.79 Å². The number of benzene rings is 2. The van der Waals surface area contributed by atoms with Crippen LogP contribution in [0.3, 0.4) is 0 Å². The van der Waals surface area contributed by atoms with E-state index < -0.39 is 11.6 Å². The number of carbonyl (C=O) groups is 2. The Kier molecular flexibility index (Phi) is 7.40. The zero-order valence-corrected chi connectivity index (χ0v) is 18.0. The molecule has 1 amide bonds. The minimum Gasteiger partial charge on any atom is -0.497 e. The van der Waals surface area contributed by atoms with E-state index in [2.05, 4.69) is 21.2 Å². The third-order valence-electron chi connectivity index (χ3n) is 3.61. The predicted molar refractivity (Wildman–Crippen MR) is 113 cm³/mol. The Morgan fingerprint density at radius 3 is 2.39 bits per heavy atom. The third-order valence-corrected chi connectivity index (χ3v) is 4.07. The molecule has 148 valence electrons. The molecule has 2 aromatic carbocycles. The van der Waals surface area contributed by atoms with Gasteiger partial charge in [0.2, 0.25) is 0 Å². The van der Waals surface area contributed by atoms with Crippen LogP contribution >= 0.6 is 15.9 Å². The molecule has 0 heterocycles. The van der Waals surface area contributed by atoms with E-state index in [9.17, 15) is 9.59 Å². The van der Waals surface area contributed by atoms with Crippen LogP contribution in [0.2, 0.25) is 0 Å². The van der Waals surface area contributed by atoms with Gasteiger partial charge < -0.3 is 14.8 Å². The van der Waals surface area contributed by atoms with Crippen molar-refractivity contribution >= 4 is 33.9 Å². The Morgan fingerprint density at radius 1 is 1.11 bits per heavy atom.